The summed E-state index contributed by atoms with van der Waals surface area (Å²) in [5.74, 6) is -1.46. The molecule has 0 radical (unpaired) electrons. The summed E-state index contributed by atoms with van der Waals surface area (Å²) < 4.78 is 60.0. The van der Waals surface area contributed by atoms with Crippen LogP contribution in [0.5, 0.6) is 0 Å². The van der Waals surface area contributed by atoms with Gasteiger partial charge in [-0.1, -0.05) is 17.7 Å². The van der Waals surface area contributed by atoms with E-state index in [9.17, 15) is 22.4 Å². The van der Waals surface area contributed by atoms with Gasteiger partial charge in [0.25, 0.3) is 5.91 Å². The number of amides is 1. The maximum Gasteiger partial charge on any atom is 0.420 e. The molecule has 5 nitrogen and oxygen atoms in total. The number of alkyl halides is 3. The zero-order valence-electron chi connectivity index (χ0n) is 14.3. The standard InChI is InChI=1S/C19H10ClF4N3O2/c20-16-15(18(28)25-13-3-1-2-12(21)7-13)26-17-14(19(22,23)24)6-11(8-27(16)17)10-4-5-29-9-10/h1-9H,(H,25,28). The van der Waals surface area contributed by atoms with Crippen molar-refractivity contribution < 1.29 is 26.8 Å². The first-order valence-electron chi connectivity index (χ1n) is 8.12. The van der Waals surface area contributed by atoms with Crippen LogP contribution in [0.25, 0.3) is 16.8 Å². The number of aromatic nitrogens is 2. The zero-order valence-corrected chi connectivity index (χ0v) is 15.1. The van der Waals surface area contributed by atoms with Crippen molar-refractivity contribution in [1.82, 2.24) is 9.38 Å². The molecule has 0 aliphatic rings. The van der Waals surface area contributed by atoms with Crippen LogP contribution in [-0.2, 0) is 6.18 Å². The average Bonchev–Trinajstić information content (AvgIpc) is 3.29. The highest BCUT2D eigenvalue weighted by Crippen LogP contribution is 2.37. The third-order valence-corrected chi connectivity index (χ3v) is 4.48. The van der Waals surface area contributed by atoms with Crippen molar-refractivity contribution in [2.75, 3.05) is 5.32 Å². The van der Waals surface area contributed by atoms with E-state index in [1.54, 1.807) is 0 Å². The number of fused-ring (bicyclic) bond motifs is 1. The van der Waals surface area contributed by atoms with Gasteiger partial charge in [0.2, 0.25) is 0 Å². The second-order valence-electron chi connectivity index (χ2n) is 6.06. The first-order chi connectivity index (χ1) is 13.7. The highest BCUT2D eigenvalue weighted by atomic mass is 35.5. The number of pyridine rings is 1. The van der Waals surface area contributed by atoms with Gasteiger partial charge < -0.3 is 9.73 Å². The van der Waals surface area contributed by atoms with Crippen LogP contribution in [0, 0.1) is 5.82 Å². The van der Waals surface area contributed by atoms with Crippen LogP contribution in [0.4, 0.5) is 23.2 Å². The molecule has 1 amide bonds. The number of imidazole rings is 1. The summed E-state index contributed by atoms with van der Waals surface area (Å²) in [6.07, 6.45) is -0.820. The SMILES string of the molecule is O=C(Nc1cccc(F)c1)c1nc2c(C(F)(F)F)cc(-c3ccoc3)cn2c1Cl. The van der Waals surface area contributed by atoms with Crippen LogP contribution in [0.15, 0.2) is 59.5 Å². The van der Waals surface area contributed by atoms with E-state index in [4.69, 9.17) is 16.0 Å². The number of rotatable bonds is 3. The number of nitrogens with one attached hydrogen (secondary N) is 1. The Morgan fingerprint density at radius 3 is 2.62 bits per heavy atom. The maximum atomic E-state index is 13.6. The summed E-state index contributed by atoms with van der Waals surface area (Å²) in [6, 6.07) is 7.42. The van der Waals surface area contributed by atoms with Crippen molar-refractivity contribution in [2.45, 2.75) is 6.18 Å². The highest BCUT2D eigenvalue weighted by Gasteiger charge is 2.36. The fourth-order valence-electron chi connectivity index (χ4n) is 2.81. The van der Waals surface area contributed by atoms with Gasteiger partial charge in [0.15, 0.2) is 11.3 Å². The van der Waals surface area contributed by atoms with Crippen LogP contribution >= 0.6 is 11.6 Å². The lowest BCUT2D eigenvalue weighted by Gasteiger charge is -2.10. The van der Waals surface area contributed by atoms with Gasteiger partial charge in [-0.15, -0.1) is 0 Å². The number of halogens is 5. The quantitative estimate of drug-likeness (QED) is 0.433. The van der Waals surface area contributed by atoms with Crippen molar-refractivity contribution in [1.29, 1.82) is 0 Å². The van der Waals surface area contributed by atoms with Crippen LogP contribution in [0.1, 0.15) is 16.1 Å². The lowest BCUT2D eigenvalue weighted by atomic mass is 10.1. The van der Waals surface area contributed by atoms with Gasteiger partial charge in [0.1, 0.15) is 11.0 Å². The normalized spacial score (nSPS) is 11.8. The number of nitrogens with zero attached hydrogens (tertiary/aromatic N) is 2. The zero-order chi connectivity index (χ0) is 20.8. The molecule has 3 heterocycles. The average molecular weight is 424 g/mol. The van der Waals surface area contributed by atoms with Gasteiger partial charge in [-0.05, 0) is 30.3 Å². The summed E-state index contributed by atoms with van der Waals surface area (Å²) >= 11 is 6.18. The Labute approximate surface area is 165 Å². The predicted octanol–water partition coefficient (Wildman–Crippen LogP) is 5.66. The summed E-state index contributed by atoms with van der Waals surface area (Å²) in [5, 5.41) is 2.05. The van der Waals surface area contributed by atoms with Crippen molar-refractivity contribution in [3.8, 4) is 11.1 Å². The van der Waals surface area contributed by atoms with Crippen LogP contribution in [0.2, 0.25) is 5.15 Å². The van der Waals surface area contributed by atoms with E-state index in [2.05, 4.69) is 10.3 Å². The monoisotopic (exact) mass is 423 g/mol. The Balaban J connectivity index is 1.84. The predicted molar refractivity (Wildman–Crippen MR) is 97.3 cm³/mol. The number of anilines is 1. The number of carbonyl (C=O) groups excluding carboxylic acids is 1. The van der Waals surface area contributed by atoms with E-state index in [-0.39, 0.29) is 16.4 Å². The van der Waals surface area contributed by atoms with E-state index in [1.165, 1.54) is 43.0 Å². The molecule has 3 aromatic heterocycles. The minimum Gasteiger partial charge on any atom is -0.472 e. The minimum absolute atomic E-state index is 0.109. The van der Waals surface area contributed by atoms with Crippen molar-refractivity contribution in [3.63, 3.8) is 0 Å². The summed E-state index contributed by atoms with van der Waals surface area (Å²) in [4.78, 5) is 16.3. The second kappa shape index (κ2) is 6.93. The number of carbonyl (C=O) groups is 1. The molecule has 0 unspecified atom stereocenters. The fraction of sp³-hybridized carbons (Fsp3) is 0.0526. The number of furan rings is 1. The van der Waals surface area contributed by atoms with Gasteiger partial charge in [-0.25, -0.2) is 9.37 Å². The molecule has 1 N–H and O–H groups in total. The number of hydrogen-bond donors (Lipinski definition) is 1. The minimum atomic E-state index is -4.74. The molecule has 0 spiro atoms. The largest absolute Gasteiger partial charge is 0.472 e. The van der Waals surface area contributed by atoms with Crippen LogP contribution in [0.3, 0.4) is 0 Å². The molecule has 148 valence electrons. The Hall–Kier alpha value is -3.33. The van der Waals surface area contributed by atoms with Gasteiger partial charge >= 0.3 is 6.18 Å². The third-order valence-electron chi connectivity index (χ3n) is 4.12. The molecule has 0 aliphatic heterocycles. The molecule has 1 aromatic carbocycles. The second-order valence-corrected chi connectivity index (χ2v) is 6.42. The van der Waals surface area contributed by atoms with E-state index in [0.717, 1.165) is 16.5 Å². The molecule has 4 aromatic rings. The topological polar surface area (TPSA) is 59.5 Å². The van der Waals surface area contributed by atoms with E-state index in [1.807, 2.05) is 0 Å². The lowest BCUT2D eigenvalue weighted by molar-refractivity contribution is -0.136. The van der Waals surface area contributed by atoms with Crippen molar-refractivity contribution in [2.24, 2.45) is 0 Å². The summed E-state index contributed by atoms with van der Waals surface area (Å²) in [5.41, 5.74) is -1.34. The molecule has 10 heteroatoms. The van der Waals surface area contributed by atoms with Crippen molar-refractivity contribution in [3.05, 3.63) is 77.3 Å². The molecular formula is C19H10ClF4N3O2. The number of hydrogen-bond acceptors (Lipinski definition) is 3. The Morgan fingerprint density at radius 2 is 1.97 bits per heavy atom. The molecule has 0 aliphatic carbocycles. The van der Waals surface area contributed by atoms with Crippen molar-refractivity contribution >= 4 is 28.8 Å². The molecule has 0 fully saturated rings. The van der Waals surface area contributed by atoms with Crippen LogP contribution in [-0.4, -0.2) is 15.3 Å². The molecule has 0 bridgehead atoms. The van der Waals surface area contributed by atoms with Gasteiger partial charge in [0.05, 0.1) is 18.1 Å². The molecule has 0 saturated heterocycles. The Bertz CT molecular complexity index is 1220. The Morgan fingerprint density at radius 1 is 1.17 bits per heavy atom. The first-order valence-corrected chi connectivity index (χ1v) is 8.50. The molecule has 4 rings (SSSR count). The van der Waals surface area contributed by atoms with E-state index >= 15 is 0 Å². The highest BCUT2D eigenvalue weighted by molar-refractivity contribution is 6.33. The smallest absolute Gasteiger partial charge is 0.420 e. The molecule has 29 heavy (non-hydrogen) atoms. The third kappa shape index (κ3) is 3.56. The molecular weight excluding hydrogens is 414 g/mol. The Kier molecular flexibility index (Phi) is 4.54. The maximum absolute atomic E-state index is 13.6. The van der Waals surface area contributed by atoms with E-state index in [0.29, 0.717) is 5.56 Å². The van der Waals surface area contributed by atoms with Gasteiger partial charge in [-0.3, -0.25) is 9.20 Å². The summed E-state index contributed by atoms with van der Waals surface area (Å²) in [7, 11) is 0. The van der Waals surface area contributed by atoms with Gasteiger partial charge in [0, 0.05) is 23.0 Å². The van der Waals surface area contributed by atoms with E-state index < -0.39 is 34.8 Å². The molecule has 0 atom stereocenters. The van der Waals surface area contributed by atoms with Gasteiger partial charge in [-0.2, -0.15) is 13.2 Å². The van der Waals surface area contributed by atoms with Crippen LogP contribution < -0.4 is 5.32 Å². The summed E-state index contributed by atoms with van der Waals surface area (Å²) in [6.45, 7) is 0. The fourth-order valence-corrected chi connectivity index (χ4v) is 3.07. The molecule has 0 saturated carbocycles. The first kappa shape index (κ1) is 19.0. The lowest BCUT2D eigenvalue weighted by Crippen LogP contribution is -2.13. The number of benzene rings is 1.